The molecule has 0 aliphatic heterocycles. The van der Waals surface area contributed by atoms with Crippen LogP contribution in [0.1, 0.15) is 17.3 Å². The van der Waals surface area contributed by atoms with Gasteiger partial charge in [0, 0.05) is 42.9 Å². The minimum absolute atomic E-state index is 0.172. The highest BCUT2D eigenvalue weighted by Crippen LogP contribution is 2.13. The molecule has 3 rings (SSSR count). The Kier molecular flexibility index (Phi) is 5.96. The number of hydrogen-bond acceptors (Lipinski definition) is 4. The topological polar surface area (TPSA) is 93.1 Å². The molecule has 142 valence electrons. The molecule has 0 radical (unpaired) electrons. The van der Waals surface area contributed by atoms with Crippen molar-refractivity contribution in [2.45, 2.75) is 13.5 Å². The SMILES string of the molecule is CC(=O)Nc1ccc(C(=O)NCCn2cnc(-c3ccccc3)cc2=O)cc1. The van der Waals surface area contributed by atoms with E-state index in [4.69, 9.17) is 0 Å². The molecule has 0 spiro atoms. The van der Waals surface area contributed by atoms with Crippen molar-refractivity contribution in [1.29, 1.82) is 0 Å². The van der Waals surface area contributed by atoms with Crippen molar-refractivity contribution < 1.29 is 9.59 Å². The van der Waals surface area contributed by atoms with Crippen molar-refractivity contribution in [2.75, 3.05) is 11.9 Å². The number of aromatic nitrogens is 2. The summed E-state index contributed by atoms with van der Waals surface area (Å²) < 4.78 is 1.45. The van der Waals surface area contributed by atoms with E-state index in [0.717, 1.165) is 5.56 Å². The highest BCUT2D eigenvalue weighted by atomic mass is 16.2. The lowest BCUT2D eigenvalue weighted by Gasteiger charge is -2.09. The summed E-state index contributed by atoms with van der Waals surface area (Å²) in [6.07, 6.45) is 1.49. The standard InChI is InChI=1S/C21H20N4O3/c1-15(26)24-18-9-7-17(8-10-18)21(28)22-11-12-25-14-23-19(13-20(25)27)16-5-3-2-4-6-16/h2-10,13-14H,11-12H2,1H3,(H,22,28)(H,24,26). The highest BCUT2D eigenvalue weighted by molar-refractivity contribution is 5.95. The Morgan fingerprint density at radius 3 is 2.39 bits per heavy atom. The van der Waals surface area contributed by atoms with Gasteiger partial charge in [-0.1, -0.05) is 30.3 Å². The summed E-state index contributed by atoms with van der Waals surface area (Å²) in [5.74, 6) is -0.425. The normalized spacial score (nSPS) is 10.3. The second kappa shape index (κ2) is 8.77. The molecule has 0 aliphatic carbocycles. The molecule has 0 saturated heterocycles. The first kappa shape index (κ1) is 19.0. The summed E-state index contributed by atoms with van der Waals surface area (Å²) in [5.41, 5.74) is 2.41. The number of carbonyl (C=O) groups is 2. The molecule has 1 aromatic heterocycles. The molecule has 0 unspecified atom stereocenters. The number of rotatable bonds is 6. The summed E-state index contributed by atoms with van der Waals surface area (Å²) in [5, 5.41) is 5.41. The number of hydrogen-bond donors (Lipinski definition) is 2. The first-order valence-corrected chi connectivity index (χ1v) is 8.81. The van der Waals surface area contributed by atoms with Crippen LogP contribution in [0.15, 0.2) is 71.8 Å². The van der Waals surface area contributed by atoms with Crippen molar-refractivity contribution in [2.24, 2.45) is 0 Å². The molecule has 2 amide bonds. The summed E-state index contributed by atoms with van der Waals surface area (Å²) in [4.78, 5) is 39.8. The molecule has 3 aromatic rings. The smallest absolute Gasteiger partial charge is 0.253 e. The van der Waals surface area contributed by atoms with Crippen LogP contribution >= 0.6 is 0 Å². The minimum Gasteiger partial charge on any atom is -0.350 e. The van der Waals surface area contributed by atoms with Crippen LogP contribution in [-0.2, 0) is 11.3 Å². The van der Waals surface area contributed by atoms with Crippen LogP contribution in [0.4, 0.5) is 5.69 Å². The fraction of sp³-hybridized carbons (Fsp3) is 0.143. The van der Waals surface area contributed by atoms with Crippen molar-refractivity contribution in [3.63, 3.8) is 0 Å². The van der Waals surface area contributed by atoms with Crippen molar-refractivity contribution in [3.8, 4) is 11.3 Å². The van der Waals surface area contributed by atoms with Crippen LogP contribution < -0.4 is 16.2 Å². The molecule has 28 heavy (non-hydrogen) atoms. The Morgan fingerprint density at radius 1 is 1.04 bits per heavy atom. The molecule has 2 aromatic carbocycles. The van der Waals surface area contributed by atoms with E-state index in [-0.39, 0.29) is 17.4 Å². The fourth-order valence-corrected chi connectivity index (χ4v) is 2.66. The Bertz CT molecular complexity index is 1030. The number of benzene rings is 2. The monoisotopic (exact) mass is 376 g/mol. The van der Waals surface area contributed by atoms with Crippen molar-refractivity contribution in [3.05, 3.63) is 82.9 Å². The lowest BCUT2D eigenvalue weighted by atomic mass is 10.1. The average Bonchev–Trinajstić information content (AvgIpc) is 2.70. The van der Waals surface area contributed by atoms with Gasteiger partial charge in [0.1, 0.15) is 0 Å². The van der Waals surface area contributed by atoms with Gasteiger partial charge in [0.05, 0.1) is 12.0 Å². The van der Waals surface area contributed by atoms with Gasteiger partial charge in [-0.2, -0.15) is 0 Å². The van der Waals surface area contributed by atoms with E-state index in [2.05, 4.69) is 15.6 Å². The van der Waals surface area contributed by atoms with E-state index in [1.807, 2.05) is 30.3 Å². The maximum absolute atomic E-state index is 12.3. The summed E-state index contributed by atoms with van der Waals surface area (Å²) in [6.45, 7) is 2.03. The van der Waals surface area contributed by atoms with E-state index in [1.54, 1.807) is 24.3 Å². The molecule has 0 fully saturated rings. The van der Waals surface area contributed by atoms with E-state index in [0.29, 0.717) is 30.0 Å². The van der Waals surface area contributed by atoms with Crippen molar-refractivity contribution in [1.82, 2.24) is 14.9 Å². The third kappa shape index (κ3) is 4.91. The molecule has 0 saturated carbocycles. The van der Waals surface area contributed by atoms with Crippen LogP contribution in [0.5, 0.6) is 0 Å². The van der Waals surface area contributed by atoms with Gasteiger partial charge >= 0.3 is 0 Å². The van der Waals surface area contributed by atoms with Crippen LogP contribution in [-0.4, -0.2) is 27.9 Å². The highest BCUT2D eigenvalue weighted by Gasteiger charge is 2.07. The second-order valence-electron chi connectivity index (χ2n) is 6.19. The van der Waals surface area contributed by atoms with Gasteiger partial charge in [0.2, 0.25) is 5.91 Å². The first-order chi connectivity index (χ1) is 13.5. The zero-order valence-electron chi connectivity index (χ0n) is 15.4. The zero-order chi connectivity index (χ0) is 19.9. The lowest BCUT2D eigenvalue weighted by molar-refractivity contribution is -0.114. The van der Waals surface area contributed by atoms with Gasteiger partial charge in [-0.25, -0.2) is 4.98 Å². The molecule has 1 heterocycles. The largest absolute Gasteiger partial charge is 0.350 e. The van der Waals surface area contributed by atoms with Crippen molar-refractivity contribution >= 4 is 17.5 Å². The van der Waals surface area contributed by atoms with Crippen LogP contribution in [0.25, 0.3) is 11.3 Å². The maximum atomic E-state index is 12.3. The number of nitrogens with one attached hydrogen (secondary N) is 2. The molecular weight excluding hydrogens is 356 g/mol. The maximum Gasteiger partial charge on any atom is 0.253 e. The number of carbonyl (C=O) groups excluding carboxylic acids is 2. The average molecular weight is 376 g/mol. The van der Waals surface area contributed by atoms with E-state index in [9.17, 15) is 14.4 Å². The second-order valence-corrected chi connectivity index (χ2v) is 6.19. The van der Waals surface area contributed by atoms with E-state index in [1.165, 1.54) is 23.9 Å². The van der Waals surface area contributed by atoms with Gasteiger partial charge in [-0.3, -0.25) is 19.0 Å². The van der Waals surface area contributed by atoms with Crippen LogP contribution in [0.3, 0.4) is 0 Å². The Morgan fingerprint density at radius 2 is 1.75 bits per heavy atom. The number of anilines is 1. The molecule has 0 bridgehead atoms. The first-order valence-electron chi connectivity index (χ1n) is 8.81. The number of nitrogens with zero attached hydrogens (tertiary/aromatic N) is 2. The molecular formula is C21H20N4O3. The molecule has 7 heteroatoms. The third-order valence-corrected chi connectivity index (χ3v) is 4.05. The van der Waals surface area contributed by atoms with Gasteiger partial charge in [0.15, 0.2) is 0 Å². The van der Waals surface area contributed by atoms with Crippen LogP contribution in [0.2, 0.25) is 0 Å². The summed E-state index contributed by atoms with van der Waals surface area (Å²) >= 11 is 0. The zero-order valence-corrected chi connectivity index (χ0v) is 15.4. The quantitative estimate of drug-likeness (QED) is 0.690. The fourth-order valence-electron chi connectivity index (χ4n) is 2.66. The summed E-state index contributed by atoms with van der Waals surface area (Å²) in [7, 11) is 0. The van der Waals surface area contributed by atoms with Gasteiger partial charge in [-0.15, -0.1) is 0 Å². The minimum atomic E-state index is -0.253. The van der Waals surface area contributed by atoms with E-state index < -0.39 is 0 Å². The van der Waals surface area contributed by atoms with Gasteiger partial charge in [0.25, 0.3) is 11.5 Å². The Labute approximate surface area is 162 Å². The van der Waals surface area contributed by atoms with Gasteiger partial charge in [-0.05, 0) is 24.3 Å². The molecule has 0 atom stereocenters. The lowest BCUT2D eigenvalue weighted by Crippen LogP contribution is -2.30. The predicted octanol–water partition coefficient (Wildman–Crippen LogP) is 2.30. The predicted molar refractivity (Wildman–Crippen MR) is 107 cm³/mol. The van der Waals surface area contributed by atoms with Crippen LogP contribution in [0, 0.1) is 0 Å². The Hall–Kier alpha value is -3.74. The van der Waals surface area contributed by atoms with Gasteiger partial charge < -0.3 is 10.6 Å². The molecule has 7 nitrogen and oxygen atoms in total. The summed E-state index contributed by atoms with van der Waals surface area (Å²) in [6, 6.07) is 17.5. The van der Waals surface area contributed by atoms with E-state index >= 15 is 0 Å². The third-order valence-electron chi connectivity index (χ3n) is 4.05. The number of amides is 2. The molecule has 0 aliphatic rings. The molecule has 2 N–H and O–H groups in total. The Balaban J connectivity index is 1.56.